The molecule has 0 spiro atoms. The molecule has 0 fully saturated rings. The second-order valence-corrected chi connectivity index (χ2v) is 8.27. The fourth-order valence-corrected chi connectivity index (χ4v) is 3.48. The van der Waals surface area contributed by atoms with Crippen LogP contribution in [0.2, 0.25) is 0 Å². The van der Waals surface area contributed by atoms with Gasteiger partial charge in [-0.3, -0.25) is 9.59 Å². The number of hydrogen-bond acceptors (Lipinski definition) is 3. The van der Waals surface area contributed by atoms with Crippen molar-refractivity contribution in [3.8, 4) is 5.75 Å². The second-order valence-electron chi connectivity index (χ2n) is 8.27. The van der Waals surface area contributed by atoms with Crippen LogP contribution in [-0.2, 0) is 16.1 Å². The number of carbonyl (C=O) groups is 2. The average molecular weight is 433 g/mol. The minimum atomic E-state index is -0.617. The van der Waals surface area contributed by atoms with Crippen molar-refractivity contribution in [2.75, 3.05) is 6.61 Å². The Morgan fingerprint density at radius 3 is 2.38 bits per heavy atom. The van der Waals surface area contributed by atoms with Gasteiger partial charge in [0.1, 0.15) is 11.8 Å². The first kappa shape index (κ1) is 23.3. The fourth-order valence-electron chi connectivity index (χ4n) is 3.48. The molecule has 3 aromatic rings. The first-order valence-electron chi connectivity index (χ1n) is 11.1. The summed E-state index contributed by atoms with van der Waals surface area (Å²) in [6, 6.07) is 21.1. The summed E-state index contributed by atoms with van der Waals surface area (Å²) in [6.07, 6.45) is 0.828. The number of hydrogen-bond donors (Lipinski definition) is 1. The lowest BCUT2D eigenvalue weighted by molar-refractivity contribution is -0.142. The van der Waals surface area contributed by atoms with E-state index in [1.165, 1.54) is 0 Å². The van der Waals surface area contributed by atoms with Gasteiger partial charge in [0.25, 0.3) is 5.91 Å². The van der Waals surface area contributed by atoms with Crippen LogP contribution in [0.4, 0.5) is 0 Å². The number of aryl methyl sites for hydroxylation is 1. The number of carbonyl (C=O) groups excluding carboxylic acids is 2. The zero-order valence-corrected chi connectivity index (χ0v) is 19.3. The van der Waals surface area contributed by atoms with Crippen molar-refractivity contribution in [1.82, 2.24) is 10.2 Å². The molecule has 2 atom stereocenters. The minimum Gasteiger partial charge on any atom is -0.483 e. The van der Waals surface area contributed by atoms with Gasteiger partial charge in [-0.1, -0.05) is 73.2 Å². The van der Waals surface area contributed by atoms with Gasteiger partial charge >= 0.3 is 0 Å². The molecule has 1 N–H and O–H groups in total. The van der Waals surface area contributed by atoms with Gasteiger partial charge < -0.3 is 15.0 Å². The second kappa shape index (κ2) is 10.8. The number of fused-ring (bicyclic) bond motifs is 1. The molecule has 0 aliphatic heterocycles. The Labute approximate surface area is 190 Å². The number of nitrogens with one attached hydrogen (secondary N) is 1. The highest BCUT2D eigenvalue weighted by molar-refractivity contribution is 5.90. The van der Waals surface area contributed by atoms with Gasteiger partial charge in [-0.05, 0) is 44.2 Å². The van der Waals surface area contributed by atoms with Crippen molar-refractivity contribution in [3.63, 3.8) is 0 Å². The van der Waals surface area contributed by atoms with Crippen LogP contribution in [0.3, 0.4) is 0 Å². The molecule has 32 heavy (non-hydrogen) atoms. The predicted octanol–water partition coefficient (Wildman–Crippen LogP) is 4.86. The summed E-state index contributed by atoms with van der Waals surface area (Å²) >= 11 is 0. The van der Waals surface area contributed by atoms with Crippen molar-refractivity contribution in [1.29, 1.82) is 0 Å². The van der Waals surface area contributed by atoms with Crippen LogP contribution in [0.25, 0.3) is 10.8 Å². The number of rotatable bonds is 9. The van der Waals surface area contributed by atoms with Gasteiger partial charge in [0.2, 0.25) is 5.91 Å². The lowest BCUT2D eigenvalue weighted by Gasteiger charge is -2.29. The van der Waals surface area contributed by atoms with Crippen molar-refractivity contribution >= 4 is 22.6 Å². The van der Waals surface area contributed by atoms with Gasteiger partial charge in [-0.15, -0.1) is 0 Å². The van der Waals surface area contributed by atoms with Gasteiger partial charge in [-0.25, -0.2) is 0 Å². The number of benzene rings is 3. The van der Waals surface area contributed by atoms with Crippen LogP contribution < -0.4 is 10.1 Å². The third-order valence-electron chi connectivity index (χ3n) is 5.74. The predicted molar refractivity (Wildman–Crippen MR) is 129 cm³/mol. The van der Waals surface area contributed by atoms with Gasteiger partial charge in [-0.2, -0.15) is 0 Å². The molecule has 0 aliphatic carbocycles. The highest BCUT2D eigenvalue weighted by Crippen LogP contribution is 2.25. The molecule has 0 unspecified atom stereocenters. The molecule has 0 saturated carbocycles. The van der Waals surface area contributed by atoms with E-state index in [1.807, 2.05) is 87.5 Å². The first-order valence-corrected chi connectivity index (χ1v) is 11.1. The molecule has 168 valence electrons. The zero-order chi connectivity index (χ0) is 23.1. The molecule has 0 aromatic heterocycles. The van der Waals surface area contributed by atoms with Crippen molar-refractivity contribution in [3.05, 3.63) is 77.9 Å². The Bertz CT molecular complexity index is 1060. The highest BCUT2D eigenvalue weighted by Gasteiger charge is 2.27. The maximum atomic E-state index is 13.2. The maximum absolute atomic E-state index is 13.2. The van der Waals surface area contributed by atoms with E-state index in [9.17, 15) is 9.59 Å². The van der Waals surface area contributed by atoms with Crippen LogP contribution in [0.5, 0.6) is 5.75 Å². The Morgan fingerprint density at radius 2 is 1.66 bits per heavy atom. The third kappa shape index (κ3) is 5.88. The summed E-state index contributed by atoms with van der Waals surface area (Å²) in [5, 5.41) is 4.99. The van der Waals surface area contributed by atoms with E-state index in [4.69, 9.17) is 4.74 Å². The van der Waals surface area contributed by atoms with E-state index in [0.29, 0.717) is 12.3 Å². The molecule has 5 heteroatoms. The standard InChI is InChI=1S/C27H32N2O3/c1-5-20(3)28-27(31)21(4)29(17-22-15-13-19(2)14-16-22)26(30)18-32-25-12-8-10-23-9-6-7-11-24(23)25/h6-16,20-21H,5,17-18H2,1-4H3,(H,28,31)/t20-,21-/m1/s1. The monoisotopic (exact) mass is 432 g/mol. The molecular formula is C27H32N2O3. The lowest BCUT2D eigenvalue weighted by atomic mass is 10.1. The topological polar surface area (TPSA) is 58.6 Å². The van der Waals surface area contributed by atoms with Crippen LogP contribution >= 0.6 is 0 Å². The van der Waals surface area contributed by atoms with Crippen molar-refractivity contribution in [2.24, 2.45) is 0 Å². The minimum absolute atomic E-state index is 0.0493. The van der Waals surface area contributed by atoms with E-state index in [-0.39, 0.29) is 24.5 Å². The summed E-state index contributed by atoms with van der Waals surface area (Å²) in [7, 11) is 0. The largest absolute Gasteiger partial charge is 0.483 e. The molecule has 2 amide bonds. The molecule has 5 nitrogen and oxygen atoms in total. The quantitative estimate of drug-likeness (QED) is 0.525. The summed E-state index contributed by atoms with van der Waals surface area (Å²) in [6.45, 7) is 7.96. The van der Waals surface area contributed by atoms with Gasteiger partial charge in [0.15, 0.2) is 6.61 Å². The summed E-state index contributed by atoms with van der Waals surface area (Å²) < 4.78 is 5.93. The van der Waals surface area contributed by atoms with E-state index in [2.05, 4.69) is 5.32 Å². The Balaban J connectivity index is 1.78. The SMILES string of the molecule is CC[C@@H](C)NC(=O)[C@@H](C)N(Cc1ccc(C)cc1)C(=O)COc1cccc2ccccc12. The summed E-state index contributed by atoms with van der Waals surface area (Å²) in [5.41, 5.74) is 2.12. The molecule has 0 aliphatic rings. The fraction of sp³-hybridized carbons (Fsp3) is 0.333. The van der Waals surface area contributed by atoms with Crippen molar-refractivity contribution < 1.29 is 14.3 Å². The van der Waals surface area contributed by atoms with E-state index in [1.54, 1.807) is 11.8 Å². The van der Waals surface area contributed by atoms with Crippen LogP contribution in [0.15, 0.2) is 66.7 Å². The molecule has 0 saturated heterocycles. The molecular weight excluding hydrogens is 400 g/mol. The van der Waals surface area contributed by atoms with Crippen LogP contribution in [0, 0.1) is 6.92 Å². The lowest BCUT2D eigenvalue weighted by Crippen LogP contribution is -2.50. The molecule has 0 heterocycles. The summed E-state index contributed by atoms with van der Waals surface area (Å²) in [5.74, 6) is 0.263. The normalized spacial score (nSPS) is 12.8. The highest BCUT2D eigenvalue weighted by atomic mass is 16.5. The first-order chi connectivity index (χ1) is 15.4. The molecule has 3 aromatic carbocycles. The number of ether oxygens (including phenoxy) is 1. The maximum Gasteiger partial charge on any atom is 0.261 e. The van der Waals surface area contributed by atoms with Gasteiger partial charge in [0.05, 0.1) is 0 Å². The van der Waals surface area contributed by atoms with Crippen molar-refractivity contribution in [2.45, 2.75) is 52.7 Å². The Morgan fingerprint density at radius 1 is 0.969 bits per heavy atom. The Kier molecular flexibility index (Phi) is 7.87. The van der Waals surface area contributed by atoms with Crippen LogP contribution in [-0.4, -0.2) is 35.4 Å². The summed E-state index contributed by atoms with van der Waals surface area (Å²) in [4.78, 5) is 27.6. The van der Waals surface area contributed by atoms with E-state index < -0.39 is 6.04 Å². The molecule has 0 radical (unpaired) electrons. The number of nitrogens with zero attached hydrogens (tertiary/aromatic N) is 1. The smallest absolute Gasteiger partial charge is 0.261 e. The van der Waals surface area contributed by atoms with E-state index in [0.717, 1.165) is 28.3 Å². The number of amides is 2. The average Bonchev–Trinajstić information content (AvgIpc) is 2.81. The molecule has 0 bridgehead atoms. The Hall–Kier alpha value is -3.34. The zero-order valence-electron chi connectivity index (χ0n) is 19.3. The third-order valence-corrected chi connectivity index (χ3v) is 5.74. The van der Waals surface area contributed by atoms with Gasteiger partial charge in [0, 0.05) is 18.0 Å². The van der Waals surface area contributed by atoms with Crippen LogP contribution in [0.1, 0.15) is 38.3 Å². The molecule has 3 rings (SSSR count). The van der Waals surface area contributed by atoms with E-state index >= 15 is 0 Å².